The Hall–Kier alpha value is -4.30. The summed E-state index contributed by atoms with van der Waals surface area (Å²) in [5.74, 6) is 0. The number of hydrogen-bond donors (Lipinski definition) is 1. The fourth-order valence-electron chi connectivity index (χ4n) is 4.98. The number of aromatic nitrogens is 1. The Labute approximate surface area is 212 Å². The summed E-state index contributed by atoms with van der Waals surface area (Å²) < 4.78 is 2.38. The van der Waals surface area contributed by atoms with Crippen LogP contribution in [0.25, 0.3) is 38.6 Å². The van der Waals surface area contributed by atoms with Gasteiger partial charge in [-0.1, -0.05) is 87.5 Å². The van der Waals surface area contributed by atoms with Crippen LogP contribution in [0.2, 0.25) is 0 Å². The third-order valence-electron chi connectivity index (χ3n) is 6.94. The Morgan fingerprint density at radius 3 is 1.86 bits per heavy atom. The van der Waals surface area contributed by atoms with Gasteiger partial charge in [-0.25, -0.2) is 0 Å². The normalized spacial score (nSPS) is 11.8. The van der Waals surface area contributed by atoms with Gasteiger partial charge in [0, 0.05) is 27.8 Å². The first-order valence-corrected chi connectivity index (χ1v) is 12.5. The number of fused-ring (bicyclic) bond motifs is 3. The van der Waals surface area contributed by atoms with Gasteiger partial charge in [-0.05, 0) is 76.7 Å². The maximum absolute atomic E-state index is 3.47. The molecule has 1 aromatic heterocycles. The third kappa shape index (κ3) is 4.05. The van der Waals surface area contributed by atoms with E-state index in [0.29, 0.717) is 0 Å². The van der Waals surface area contributed by atoms with Gasteiger partial charge < -0.3 is 9.88 Å². The van der Waals surface area contributed by atoms with Crippen molar-refractivity contribution in [2.75, 3.05) is 5.32 Å². The van der Waals surface area contributed by atoms with Gasteiger partial charge in [0.05, 0.1) is 11.0 Å². The standard InChI is InChI=1S/C34H30N2/c1-34(2,3)26-16-20-29(21-17-26)36-32-12-8-7-11-30(32)31-23-25(15-22-33(31)36)24-13-18-28(19-14-24)35-27-9-5-4-6-10-27/h4-23,35H,1-3H3. The average molecular weight is 467 g/mol. The molecule has 1 N–H and O–H groups in total. The van der Waals surface area contributed by atoms with Gasteiger partial charge in [-0.2, -0.15) is 0 Å². The van der Waals surface area contributed by atoms with Gasteiger partial charge in [-0.3, -0.25) is 0 Å². The molecule has 176 valence electrons. The van der Waals surface area contributed by atoms with Gasteiger partial charge in [0.1, 0.15) is 0 Å². The van der Waals surface area contributed by atoms with Gasteiger partial charge >= 0.3 is 0 Å². The Morgan fingerprint density at radius 2 is 1.14 bits per heavy atom. The highest BCUT2D eigenvalue weighted by Crippen LogP contribution is 2.35. The van der Waals surface area contributed by atoms with E-state index in [1.54, 1.807) is 0 Å². The molecule has 0 saturated heterocycles. The fourth-order valence-corrected chi connectivity index (χ4v) is 4.98. The Bertz CT molecular complexity index is 1650. The van der Waals surface area contributed by atoms with Crippen LogP contribution in [-0.4, -0.2) is 4.57 Å². The summed E-state index contributed by atoms with van der Waals surface area (Å²) in [6.45, 7) is 6.77. The molecule has 5 aromatic carbocycles. The number of nitrogens with one attached hydrogen (secondary N) is 1. The topological polar surface area (TPSA) is 17.0 Å². The predicted molar refractivity (Wildman–Crippen MR) is 155 cm³/mol. The van der Waals surface area contributed by atoms with E-state index in [2.05, 4.69) is 134 Å². The molecule has 2 nitrogen and oxygen atoms in total. The molecule has 0 fully saturated rings. The number of nitrogens with zero attached hydrogens (tertiary/aromatic N) is 1. The van der Waals surface area contributed by atoms with Crippen molar-refractivity contribution >= 4 is 33.2 Å². The smallest absolute Gasteiger partial charge is 0.0541 e. The Kier molecular flexibility index (Phi) is 5.38. The quantitative estimate of drug-likeness (QED) is 0.274. The van der Waals surface area contributed by atoms with Crippen LogP contribution in [0.5, 0.6) is 0 Å². The van der Waals surface area contributed by atoms with Crippen LogP contribution in [-0.2, 0) is 5.41 Å². The zero-order valence-electron chi connectivity index (χ0n) is 21.0. The number of benzene rings is 5. The van der Waals surface area contributed by atoms with Gasteiger partial charge in [0.15, 0.2) is 0 Å². The van der Waals surface area contributed by atoms with Crippen molar-refractivity contribution in [1.82, 2.24) is 4.57 Å². The molecule has 0 radical (unpaired) electrons. The van der Waals surface area contributed by atoms with Crippen molar-refractivity contribution < 1.29 is 0 Å². The predicted octanol–water partition coefficient (Wildman–Crippen LogP) is 9.49. The van der Waals surface area contributed by atoms with E-state index >= 15 is 0 Å². The molecule has 1 heterocycles. The van der Waals surface area contributed by atoms with E-state index in [-0.39, 0.29) is 5.41 Å². The average Bonchev–Trinajstić information content (AvgIpc) is 3.23. The van der Waals surface area contributed by atoms with Crippen LogP contribution in [0.3, 0.4) is 0 Å². The van der Waals surface area contributed by atoms with Gasteiger partial charge in [0.2, 0.25) is 0 Å². The van der Waals surface area contributed by atoms with Gasteiger partial charge in [-0.15, -0.1) is 0 Å². The summed E-state index contributed by atoms with van der Waals surface area (Å²) >= 11 is 0. The molecule has 0 aliphatic carbocycles. The Balaban J connectivity index is 1.41. The highest BCUT2D eigenvalue weighted by Gasteiger charge is 2.16. The second kappa shape index (κ2) is 8.73. The van der Waals surface area contributed by atoms with Crippen molar-refractivity contribution in [3.63, 3.8) is 0 Å². The van der Waals surface area contributed by atoms with Gasteiger partial charge in [0.25, 0.3) is 0 Å². The van der Waals surface area contributed by atoms with Crippen molar-refractivity contribution in [3.05, 3.63) is 127 Å². The molecular formula is C34H30N2. The molecule has 0 aliphatic heterocycles. The summed E-state index contributed by atoms with van der Waals surface area (Å²) in [5, 5.41) is 6.01. The molecule has 0 amide bonds. The minimum atomic E-state index is 0.139. The zero-order valence-corrected chi connectivity index (χ0v) is 21.0. The van der Waals surface area contributed by atoms with Crippen molar-refractivity contribution in [2.45, 2.75) is 26.2 Å². The lowest BCUT2D eigenvalue weighted by molar-refractivity contribution is 0.590. The minimum absolute atomic E-state index is 0.139. The maximum atomic E-state index is 3.47. The molecule has 36 heavy (non-hydrogen) atoms. The first kappa shape index (κ1) is 22.2. The molecule has 6 aromatic rings. The molecular weight excluding hydrogens is 436 g/mol. The van der Waals surface area contributed by atoms with Crippen LogP contribution in [0.15, 0.2) is 121 Å². The van der Waals surface area contributed by atoms with Crippen molar-refractivity contribution in [3.8, 4) is 16.8 Å². The second-order valence-corrected chi connectivity index (χ2v) is 10.4. The monoisotopic (exact) mass is 466 g/mol. The van der Waals surface area contributed by atoms with Crippen LogP contribution in [0.4, 0.5) is 11.4 Å². The molecule has 6 rings (SSSR count). The van der Waals surface area contributed by atoms with E-state index in [1.165, 1.54) is 44.2 Å². The largest absolute Gasteiger partial charge is 0.356 e. The molecule has 2 heteroatoms. The summed E-state index contributed by atoms with van der Waals surface area (Å²) in [6.07, 6.45) is 0. The zero-order chi connectivity index (χ0) is 24.7. The highest BCUT2D eigenvalue weighted by atomic mass is 15.0. The van der Waals surface area contributed by atoms with E-state index in [4.69, 9.17) is 0 Å². The SMILES string of the molecule is CC(C)(C)c1ccc(-n2c3ccccc3c3cc(-c4ccc(Nc5ccccc5)cc4)ccc32)cc1. The van der Waals surface area contributed by atoms with Crippen molar-refractivity contribution in [2.24, 2.45) is 0 Å². The van der Waals surface area contributed by atoms with E-state index in [9.17, 15) is 0 Å². The lowest BCUT2D eigenvalue weighted by atomic mass is 9.87. The number of anilines is 2. The van der Waals surface area contributed by atoms with E-state index in [1.807, 2.05) is 18.2 Å². The fraction of sp³-hybridized carbons (Fsp3) is 0.118. The maximum Gasteiger partial charge on any atom is 0.0541 e. The van der Waals surface area contributed by atoms with Crippen LogP contribution < -0.4 is 5.32 Å². The summed E-state index contributed by atoms with van der Waals surface area (Å²) in [7, 11) is 0. The molecule has 0 saturated carbocycles. The third-order valence-corrected chi connectivity index (χ3v) is 6.94. The molecule has 0 atom stereocenters. The molecule has 0 aliphatic rings. The second-order valence-electron chi connectivity index (χ2n) is 10.4. The lowest BCUT2D eigenvalue weighted by Crippen LogP contribution is -2.10. The number of para-hydroxylation sites is 2. The van der Waals surface area contributed by atoms with Crippen LogP contribution in [0.1, 0.15) is 26.3 Å². The van der Waals surface area contributed by atoms with E-state index in [0.717, 1.165) is 11.4 Å². The Morgan fingerprint density at radius 1 is 0.528 bits per heavy atom. The highest BCUT2D eigenvalue weighted by molar-refractivity contribution is 6.10. The molecule has 0 spiro atoms. The lowest BCUT2D eigenvalue weighted by Gasteiger charge is -2.19. The van der Waals surface area contributed by atoms with Crippen LogP contribution >= 0.6 is 0 Å². The minimum Gasteiger partial charge on any atom is -0.356 e. The first-order valence-electron chi connectivity index (χ1n) is 12.5. The first-order chi connectivity index (χ1) is 17.5. The van der Waals surface area contributed by atoms with E-state index < -0.39 is 0 Å². The number of rotatable bonds is 4. The number of hydrogen-bond acceptors (Lipinski definition) is 1. The molecule has 0 bridgehead atoms. The van der Waals surface area contributed by atoms with Crippen molar-refractivity contribution in [1.29, 1.82) is 0 Å². The summed E-state index contributed by atoms with van der Waals surface area (Å²) in [4.78, 5) is 0. The summed E-state index contributed by atoms with van der Waals surface area (Å²) in [5.41, 5.74) is 9.75. The summed E-state index contributed by atoms with van der Waals surface area (Å²) in [6, 6.07) is 43.5. The molecule has 0 unspecified atom stereocenters. The van der Waals surface area contributed by atoms with Crippen LogP contribution in [0, 0.1) is 0 Å².